The highest BCUT2D eigenvalue weighted by Gasteiger charge is 2.21. The second-order valence-electron chi connectivity index (χ2n) is 9.26. The molecule has 1 saturated heterocycles. The Labute approximate surface area is 203 Å². The van der Waals surface area contributed by atoms with Gasteiger partial charge in [-0.15, -0.1) is 0 Å². The number of carbonyl (C=O) groups is 1. The molecule has 2 atom stereocenters. The number of nitrogens with one attached hydrogen (secondary N) is 2. The largest absolute Gasteiger partial charge is 0.494 e. The van der Waals surface area contributed by atoms with Gasteiger partial charge >= 0.3 is 0 Å². The summed E-state index contributed by atoms with van der Waals surface area (Å²) in [6.07, 6.45) is 3.26. The molecule has 8 heteroatoms. The van der Waals surface area contributed by atoms with E-state index >= 15 is 0 Å². The standard InChI is InChI=1S/C26H37N3O4S/c1-4-33-24-10-12-25(13-11-24)34(31,32)28-23-9-7-8-22(17-23)26(30)27-14-5-6-15-29-18-20(2)16-21(3)19-29/h7-13,17,20-21,28H,4-6,14-16,18-19H2,1-3H3,(H,27,30). The number of sulfonamides is 1. The molecular weight excluding hydrogens is 450 g/mol. The lowest BCUT2D eigenvalue weighted by Gasteiger charge is -2.34. The zero-order valence-electron chi connectivity index (χ0n) is 20.4. The van der Waals surface area contributed by atoms with Gasteiger partial charge in [-0.3, -0.25) is 9.52 Å². The van der Waals surface area contributed by atoms with Crippen molar-refractivity contribution in [3.63, 3.8) is 0 Å². The summed E-state index contributed by atoms with van der Waals surface area (Å²) in [6, 6.07) is 12.8. The molecular formula is C26H37N3O4S. The van der Waals surface area contributed by atoms with E-state index in [4.69, 9.17) is 4.74 Å². The van der Waals surface area contributed by atoms with Crippen LogP contribution in [0.2, 0.25) is 0 Å². The lowest BCUT2D eigenvalue weighted by atomic mass is 9.92. The molecule has 1 aliphatic heterocycles. The quantitative estimate of drug-likeness (QED) is 0.460. The predicted molar refractivity (Wildman–Crippen MR) is 136 cm³/mol. The van der Waals surface area contributed by atoms with Crippen LogP contribution in [0.1, 0.15) is 50.4 Å². The van der Waals surface area contributed by atoms with E-state index in [9.17, 15) is 13.2 Å². The van der Waals surface area contributed by atoms with E-state index in [2.05, 4.69) is 28.8 Å². The number of rotatable bonds is 11. The van der Waals surface area contributed by atoms with Crippen molar-refractivity contribution in [1.82, 2.24) is 10.2 Å². The van der Waals surface area contributed by atoms with Gasteiger partial charge in [0, 0.05) is 30.9 Å². The minimum absolute atomic E-state index is 0.128. The third kappa shape index (κ3) is 7.74. The summed E-state index contributed by atoms with van der Waals surface area (Å²) >= 11 is 0. The van der Waals surface area contributed by atoms with Crippen molar-refractivity contribution in [1.29, 1.82) is 0 Å². The topological polar surface area (TPSA) is 87.7 Å². The van der Waals surface area contributed by atoms with Crippen LogP contribution in [0.3, 0.4) is 0 Å². The molecule has 2 aromatic carbocycles. The zero-order valence-corrected chi connectivity index (χ0v) is 21.2. The van der Waals surface area contributed by atoms with E-state index in [1.54, 1.807) is 36.4 Å². The Balaban J connectivity index is 1.48. The van der Waals surface area contributed by atoms with E-state index in [0.717, 1.165) is 44.3 Å². The molecule has 0 spiro atoms. The number of nitrogens with zero attached hydrogens (tertiary/aromatic N) is 1. The lowest BCUT2D eigenvalue weighted by molar-refractivity contribution is 0.0951. The summed E-state index contributed by atoms with van der Waals surface area (Å²) in [5.41, 5.74) is 0.764. The molecule has 0 saturated carbocycles. The Morgan fingerprint density at radius 3 is 2.44 bits per heavy atom. The summed E-state index contributed by atoms with van der Waals surface area (Å²) in [6.45, 7) is 11.0. The number of piperidine rings is 1. The number of anilines is 1. The molecule has 2 unspecified atom stereocenters. The number of likely N-dealkylation sites (tertiary alicyclic amines) is 1. The van der Waals surface area contributed by atoms with E-state index in [-0.39, 0.29) is 10.8 Å². The molecule has 2 N–H and O–H groups in total. The van der Waals surface area contributed by atoms with Gasteiger partial charge < -0.3 is 15.0 Å². The van der Waals surface area contributed by atoms with E-state index in [1.165, 1.54) is 18.6 Å². The van der Waals surface area contributed by atoms with Gasteiger partial charge in [0.15, 0.2) is 0 Å². The maximum Gasteiger partial charge on any atom is 0.261 e. The first-order valence-corrected chi connectivity index (χ1v) is 13.6. The monoisotopic (exact) mass is 487 g/mol. The first kappa shape index (κ1) is 26.0. The summed E-state index contributed by atoms with van der Waals surface area (Å²) in [7, 11) is -3.77. The van der Waals surface area contributed by atoms with Crippen LogP contribution in [0.25, 0.3) is 0 Å². The number of unbranched alkanes of at least 4 members (excludes halogenated alkanes) is 1. The fraction of sp³-hybridized carbons (Fsp3) is 0.500. The van der Waals surface area contributed by atoms with E-state index in [0.29, 0.717) is 30.2 Å². The first-order chi connectivity index (χ1) is 16.3. The van der Waals surface area contributed by atoms with Crippen molar-refractivity contribution in [2.24, 2.45) is 11.8 Å². The molecule has 3 rings (SSSR count). The molecule has 186 valence electrons. The van der Waals surface area contributed by atoms with Gasteiger partial charge in [0.25, 0.3) is 15.9 Å². The molecule has 7 nitrogen and oxygen atoms in total. The third-order valence-corrected chi connectivity index (χ3v) is 7.35. The Kier molecular flexibility index (Phi) is 9.36. The Hall–Kier alpha value is -2.58. The molecule has 34 heavy (non-hydrogen) atoms. The highest BCUT2D eigenvalue weighted by atomic mass is 32.2. The van der Waals surface area contributed by atoms with Gasteiger partial charge in [-0.25, -0.2) is 8.42 Å². The SMILES string of the molecule is CCOc1ccc(S(=O)(=O)Nc2cccc(C(=O)NCCCCN3CC(C)CC(C)C3)c2)cc1. The van der Waals surface area contributed by atoms with Gasteiger partial charge in [0.05, 0.1) is 11.5 Å². The van der Waals surface area contributed by atoms with Crippen LogP contribution in [-0.4, -0.2) is 52.0 Å². The molecule has 0 aromatic heterocycles. The summed E-state index contributed by atoms with van der Waals surface area (Å²) in [5, 5.41) is 2.95. The molecule has 0 bridgehead atoms. The molecule has 1 aliphatic rings. The number of carbonyl (C=O) groups excluding carboxylic acids is 1. The number of benzene rings is 2. The normalized spacial score (nSPS) is 18.9. The van der Waals surface area contributed by atoms with Gasteiger partial charge in [-0.1, -0.05) is 19.9 Å². The van der Waals surface area contributed by atoms with Crippen molar-refractivity contribution in [3.8, 4) is 5.75 Å². The fourth-order valence-corrected chi connectivity index (χ4v) is 5.61. The van der Waals surface area contributed by atoms with Crippen LogP contribution < -0.4 is 14.8 Å². The average molecular weight is 488 g/mol. The van der Waals surface area contributed by atoms with E-state index in [1.807, 2.05) is 6.92 Å². The van der Waals surface area contributed by atoms with Crippen molar-refractivity contribution >= 4 is 21.6 Å². The molecule has 1 fully saturated rings. The second-order valence-corrected chi connectivity index (χ2v) is 10.9. The molecule has 1 heterocycles. The van der Waals surface area contributed by atoms with Crippen LogP contribution in [0.4, 0.5) is 5.69 Å². The van der Waals surface area contributed by atoms with E-state index < -0.39 is 10.0 Å². The van der Waals surface area contributed by atoms with Crippen LogP contribution in [-0.2, 0) is 10.0 Å². The molecule has 2 aromatic rings. The fourth-order valence-electron chi connectivity index (χ4n) is 4.56. The predicted octanol–water partition coefficient (Wildman–Crippen LogP) is 4.37. The van der Waals surface area contributed by atoms with Gasteiger partial charge in [-0.05, 0) is 87.0 Å². The Bertz CT molecular complexity index is 1030. The average Bonchev–Trinajstić information content (AvgIpc) is 2.78. The minimum Gasteiger partial charge on any atom is -0.494 e. The summed E-state index contributed by atoms with van der Waals surface area (Å²) in [5.74, 6) is 1.91. The van der Waals surface area contributed by atoms with Gasteiger partial charge in [-0.2, -0.15) is 0 Å². The lowest BCUT2D eigenvalue weighted by Crippen LogP contribution is -2.39. The number of hydrogen-bond acceptors (Lipinski definition) is 5. The summed E-state index contributed by atoms with van der Waals surface area (Å²) in [4.78, 5) is 15.2. The highest BCUT2D eigenvalue weighted by Crippen LogP contribution is 2.22. The van der Waals surface area contributed by atoms with Crippen LogP contribution in [0, 0.1) is 11.8 Å². The molecule has 0 aliphatic carbocycles. The number of ether oxygens (including phenoxy) is 1. The third-order valence-electron chi connectivity index (χ3n) is 5.95. The van der Waals surface area contributed by atoms with Crippen molar-refractivity contribution in [2.45, 2.75) is 44.9 Å². The van der Waals surface area contributed by atoms with Gasteiger partial charge in [0.1, 0.15) is 5.75 Å². The van der Waals surface area contributed by atoms with Crippen LogP contribution in [0.15, 0.2) is 53.4 Å². The Morgan fingerprint density at radius 2 is 1.76 bits per heavy atom. The summed E-state index contributed by atoms with van der Waals surface area (Å²) < 4.78 is 33.3. The highest BCUT2D eigenvalue weighted by molar-refractivity contribution is 7.92. The van der Waals surface area contributed by atoms with Crippen molar-refractivity contribution in [2.75, 3.05) is 37.5 Å². The maximum absolute atomic E-state index is 12.7. The van der Waals surface area contributed by atoms with Crippen molar-refractivity contribution in [3.05, 3.63) is 54.1 Å². The number of hydrogen-bond donors (Lipinski definition) is 2. The minimum atomic E-state index is -3.77. The number of amides is 1. The first-order valence-electron chi connectivity index (χ1n) is 12.1. The molecule has 1 amide bonds. The van der Waals surface area contributed by atoms with Gasteiger partial charge in [0.2, 0.25) is 0 Å². The smallest absolute Gasteiger partial charge is 0.261 e. The second kappa shape index (κ2) is 12.2. The van der Waals surface area contributed by atoms with Crippen LogP contribution in [0.5, 0.6) is 5.75 Å². The molecule has 0 radical (unpaired) electrons. The Morgan fingerprint density at radius 1 is 1.06 bits per heavy atom. The van der Waals surface area contributed by atoms with Crippen LogP contribution >= 0.6 is 0 Å². The maximum atomic E-state index is 12.7. The zero-order chi connectivity index (χ0) is 24.6. The van der Waals surface area contributed by atoms with Crippen molar-refractivity contribution < 1.29 is 17.9 Å².